The number of rotatable bonds is 4. The van der Waals surface area contributed by atoms with Crippen molar-refractivity contribution in [3.05, 3.63) is 81.8 Å². The average Bonchev–Trinajstić information content (AvgIpc) is 2.72. The Labute approximate surface area is 157 Å². The van der Waals surface area contributed by atoms with Crippen LogP contribution in [0.2, 0.25) is 0 Å². The van der Waals surface area contributed by atoms with Gasteiger partial charge in [-0.25, -0.2) is 0 Å². The number of carbonyl (C=O) groups excluding carboxylic acids is 1. The number of pyridine rings is 1. The second kappa shape index (κ2) is 7.37. The summed E-state index contributed by atoms with van der Waals surface area (Å²) in [5.74, 6) is -0.0353. The lowest BCUT2D eigenvalue weighted by atomic mass is 9.98. The normalized spacial score (nSPS) is 13.6. The van der Waals surface area contributed by atoms with E-state index in [1.807, 2.05) is 35.2 Å². The third kappa shape index (κ3) is 3.26. The first-order valence-corrected chi connectivity index (χ1v) is 9.16. The number of aromatic nitrogens is 1. The van der Waals surface area contributed by atoms with E-state index in [0.717, 1.165) is 6.42 Å². The highest BCUT2D eigenvalue weighted by molar-refractivity contribution is 6.06. The van der Waals surface area contributed by atoms with Gasteiger partial charge in [0.15, 0.2) is 0 Å². The SMILES string of the molecule is COCCn1cc(C(=O)N2CCc3ccccc3C2)c2ccccc2c1=O. The molecule has 3 aromatic rings. The zero-order valence-corrected chi connectivity index (χ0v) is 15.4. The van der Waals surface area contributed by atoms with Gasteiger partial charge in [0, 0.05) is 43.7 Å². The third-order valence-corrected chi connectivity index (χ3v) is 5.18. The largest absolute Gasteiger partial charge is 0.383 e. The van der Waals surface area contributed by atoms with E-state index in [0.29, 0.717) is 42.6 Å². The summed E-state index contributed by atoms with van der Waals surface area (Å²) in [5, 5.41) is 1.27. The summed E-state index contributed by atoms with van der Waals surface area (Å²) in [6.07, 6.45) is 2.54. The molecule has 5 nitrogen and oxygen atoms in total. The molecule has 0 N–H and O–H groups in total. The first kappa shape index (κ1) is 17.5. The number of benzene rings is 2. The van der Waals surface area contributed by atoms with Gasteiger partial charge in [0.25, 0.3) is 11.5 Å². The third-order valence-electron chi connectivity index (χ3n) is 5.18. The topological polar surface area (TPSA) is 51.5 Å². The number of carbonyl (C=O) groups is 1. The predicted molar refractivity (Wildman–Crippen MR) is 105 cm³/mol. The van der Waals surface area contributed by atoms with Gasteiger partial charge in [-0.15, -0.1) is 0 Å². The van der Waals surface area contributed by atoms with Gasteiger partial charge in [-0.2, -0.15) is 0 Å². The quantitative estimate of drug-likeness (QED) is 0.717. The fraction of sp³-hybridized carbons (Fsp3) is 0.273. The Morgan fingerprint density at radius 1 is 1.04 bits per heavy atom. The minimum Gasteiger partial charge on any atom is -0.383 e. The van der Waals surface area contributed by atoms with Gasteiger partial charge in [0.2, 0.25) is 0 Å². The molecule has 0 radical (unpaired) electrons. The van der Waals surface area contributed by atoms with Crippen LogP contribution >= 0.6 is 0 Å². The number of methoxy groups -OCH3 is 1. The molecule has 138 valence electrons. The summed E-state index contributed by atoms with van der Waals surface area (Å²) >= 11 is 0. The van der Waals surface area contributed by atoms with E-state index in [1.54, 1.807) is 23.9 Å². The van der Waals surface area contributed by atoms with Gasteiger partial charge in [-0.05, 0) is 23.6 Å². The number of amides is 1. The minimum atomic E-state index is -0.0943. The molecule has 2 heterocycles. The lowest BCUT2D eigenvalue weighted by Crippen LogP contribution is -2.37. The molecule has 0 saturated carbocycles. The highest BCUT2D eigenvalue weighted by atomic mass is 16.5. The van der Waals surface area contributed by atoms with Crippen molar-refractivity contribution in [2.24, 2.45) is 0 Å². The van der Waals surface area contributed by atoms with Crippen molar-refractivity contribution in [3.8, 4) is 0 Å². The molecule has 27 heavy (non-hydrogen) atoms. The molecule has 0 fully saturated rings. The zero-order chi connectivity index (χ0) is 18.8. The Hall–Kier alpha value is -2.92. The number of fused-ring (bicyclic) bond motifs is 2. The van der Waals surface area contributed by atoms with Crippen LogP contribution in [0.1, 0.15) is 21.5 Å². The summed E-state index contributed by atoms with van der Waals surface area (Å²) in [7, 11) is 1.60. The van der Waals surface area contributed by atoms with Crippen LogP contribution in [0.5, 0.6) is 0 Å². The molecule has 0 spiro atoms. The van der Waals surface area contributed by atoms with Gasteiger partial charge in [0.05, 0.1) is 12.2 Å². The van der Waals surface area contributed by atoms with E-state index < -0.39 is 0 Å². The molecule has 5 heteroatoms. The zero-order valence-electron chi connectivity index (χ0n) is 15.4. The van der Waals surface area contributed by atoms with E-state index in [4.69, 9.17) is 4.74 Å². The van der Waals surface area contributed by atoms with Crippen LogP contribution in [0.4, 0.5) is 0 Å². The Morgan fingerprint density at radius 2 is 1.74 bits per heavy atom. The molecular formula is C22H22N2O3. The van der Waals surface area contributed by atoms with Crippen LogP contribution < -0.4 is 5.56 Å². The monoisotopic (exact) mass is 362 g/mol. The van der Waals surface area contributed by atoms with E-state index in [1.165, 1.54) is 11.1 Å². The maximum Gasteiger partial charge on any atom is 0.258 e. The van der Waals surface area contributed by atoms with Crippen molar-refractivity contribution in [3.63, 3.8) is 0 Å². The molecule has 4 rings (SSSR count). The van der Waals surface area contributed by atoms with Crippen molar-refractivity contribution < 1.29 is 9.53 Å². The summed E-state index contributed by atoms with van der Waals surface area (Å²) in [4.78, 5) is 27.9. The maximum atomic E-state index is 13.3. The van der Waals surface area contributed by atoms with Crippen molar-refractivity contribution >= 4 is 16.7 Å². The number of hydrogen-bond acceptors (Lipinski definition) is 3. The van der Waals surface area contributed by atoms with Gasteiger partial charge >= 0.3 is 0 Å². The molecule has 0 unspecified atom stereocenters. The summed E-state index contributed by atoms with van der Waals surface area (Å²) < 4.78 is 6.69. The number of hydrogen-bond donors (Lipinski definition) is 0. The molecule has 1 amide bonds. The Bertz CT molecular complexity index is 1050. The fourth-order valence-electron chi connectivity index (χ4n) is 3.71. The van der Waals surface area contributed by atoms with Crippen molar-refractivity contribution in [1.29, 1.82) is 0 Å². The van der Waals surface area contributed by atoms with Gasteiger partial charge in [0.1, 0.15) is 0 Å². The van der Waals surface area contributed by atoms with Gasteiger partial charge in [-0.3, -0.25) is 9.59 Å². The molecule has 0 saturated heterocycles. The highest BCUT2D eigenvalue weighted by Gasteiger charge is 2.24. The summed E-state index contributed by atoms with van der Waals surface area (Å²) in [6, 6.07) is 15.6. The van der Waals surface area contributed by atoms with Crippen molar-refractivity contribution in [2.45, 2.75) is 19.5 Å². The lowest BCUT2D eigenvalue weighted by Gasteiger charge is -2.29. The van der Waals surface area contributed by atoms with Crippen LogP contribution in [0.15, 0.2) is 59.5 Å². The molecule has 0 bridgehead atoms. The Morgan fingerprint density at radius 3 is 2.52 bits per heavy atom. The van der Waals surface area contributed by atoms with E-state index in [9.17, 15) is 9.59 Å². The van der Waals surface area contributed by atoms with Crippen LogP contribution in [0.25, 0.3) is 10.8 Å². The first-order valence-electron chi connectivity index (χ1n) is 9.16. The molecule has 1 aliphatic rings. The molecule has 0 atom stereocenters. The van der Waals surface area contributed by atoms with E-state index >= 15 is 0 Å². The Kier molecular flexibility index (Phi) is 4.77. The van der Waals surface area contributed by atoms with E-state index in [2.05, 4.69) is 12.1 Å². The van der Waals surface area contributed by atoms with Crippen LogP contribution in [0, 0.1) is 0 Å². The molecule has 2 aromatic carbocycles. The molecule has 1 aromatic heterocycles. The second-order valence-electron chi connectivity index (χ2n) is 6.83. The lowest BCUT2D eigenvalue weighted by molar-refractivity contribution is 0.0735. The summed E-state index contributed by atoms with van der Waals surface area (Å²) in [5.41, 5.74) is 2.97. The average molecular weight is 362 g/mol. The molecule has 1 aliphatic heterocycles. The van der Waals surface area contributed by atoms with Crippen molar-refractivity contribution in [1.82, 2.24) is 9.47 Å². The number of ether oxygens (including phenoxy) is 1. The maximum absolute atomic E-state index is 13.3. The minimum absolute atomic E-state index is 0.0353. The summed E-state index contributed by atoms with van der Waals surface area (Å²) in [6.45, 7) is 2.12. The smallest absolute Gasteiger partial charge is 0.258 e. The first-order chi connectivity index (χ1) is 13.2. The molecular weight excluding hydrogens is 340 g/mol. The van der Waals surface area contributed by atoms with Gasteiger partial charge < -0.3 is 14.2 Å². The Balaban J connectivity index is 1.75. The molecule has 0 aliphatic carbocycles. The van der Waals surface area contributed by atoms with Crippen LogP contribution in [-0.2, 0) is 24.2 Å². The van der Waals surface area contributed by atoms with Crippen LogP contribution in [0.3, 0.4) is 0 Å². The van der Waals surface area contributed by atoms with Crippen molar-refractivity contribution in [2.75, 3.05) is 20.3 Å². The second-order valence-corrected chi connectivity index (χ2v) is 6.83. The predicted octanol–water partition coefficient (Wildman–Crippen LogP) is 2.85. The van der Waals surface area contributed by atoms with E-state index in [-0.39, 0.29) is 11.5 Å². The number of nitrogens with zero attached hydrogens (tertiary/aromatic N) is 2. The highest BCUT2D eigenvalue weighted by Crippen LogP contribution is 2.23. The van der Waals surface area contributed by atoms with Crippen LogP contribution in [-0.4, -0.2) is 35.6 Å². The van der Waals surface area contributed by atoms with Gasteiger partial charge in [-0.1, -0.05) is 42.5 Å². The fourth-order valence-corrected chi connectivity index (χ4v) is 3.71. The standard InChI is InChI=1S/C22H22N2O3/c1-27-13-12-24-15-20(18-8-4-5-9-19(18)21(24)25)22(26)23-11-10-16-6-2-3-7-17(16)14-23/h2-9,15H,10-14H2,1H3.